The highest BCUT2D eigenvalue weighted by molar-refractivity contribution is 6.01. The van der Waals surface area contributed by atoms with Gasteiger partial charge in [0, 0.05) is 22.3 Å². The van der Waals surface area contributed by atoms with Gasteiger partial charge in [-0.05, 0) is 123 Å². The van der Waals surface area contributed by atoms with E-state index >= 15 is 0 Å². The van der Waals surface area contributed by atoms with Crippen molar-refractivity contribution in [1.29, 1.82) is 0 Å². The molecule has 6 aromatic rings. The first kappa shape index (κ1) is 26.8. The van der Waals surface area contributed by atoms with Crippen LogP contribution in [0.15, 0.2) is 109 Å². The Kier molecular flexibility index (Phi) is 7.29. The molecule has 0 heteroatoms. The topological polar surface area (TPSA) is 0 Å². The maximum absolute atomic E-state index is 3.39. The fourth-order valence-corrected chi connectivity index (χ4v) is 6.38. The largest absolute Gasteiger partial charge is 0.0651 e. The van der Waals surface area contributed by atoms with Crippen LogP contribution in [0.25, 0.3) is 32.7 Å². The van der Waals surface area contributed by atoms with Gasteiger partial charge in [-0.3, -0.25) is 0 Å². The van der Waals surface area contributed by atoms with Crippen molar-refractivity contribution in [3.63, 3.8) is 0 Å². The quantitative estimate of drug-likeness (QED) is 0.191. The third-order valence-corrected chi connectivity index (χ3v) is 8.59. The summed E-state index contributed by atoms with van der Waals surface area (Å²) in [5.74, 6) is 13.5. The Labute approximate surface area is 255 Å². The van der Waals surface area contributed by atoms with Gasteiger partial charge in [-0.25, -0.2) is 0 Å². The number of hydrogen-bond acceptors (Lipinski definition) is 0. The molecule has 0 nitrogen and oxygen atoms in total. The van der Waals surface area contributed by atoms with E-state index in [1.807, 2.05) is 0 Å². The van der Waals surface area contributed by atoms with Crippen molar-refractivity contribution in [1.82, 2.24) is 0 Å². The molecular weight excluding hydrogens is 516 g/mol. The average molecular weight is 551 g/mol. The van der Waals surface area contributed by atoms with Gasteiger partial charge in [0.1, 0.15) is 0 Å². The lowest BCUT2D eigenvalue weighted by Gasteiger charge is -2.07. The number of aryl methyl sites for hydroxylation is 2. The second-order valence-corrected chi connectivity index (χ2v) is 11.6. The first-order chi connectivity index (χ1) is 21.2. The van der Waals surface area contributed by atoms with Crippen molar-refractivity contribution < 1.29 is 0 Å². The van der Waals surface area contributed by atoms with E-state index in [0.29, 0.717) is 0 Å². The van der Waals surface area contributed by atoms with Gasteiger partial charge in [0.05, 0.1) is 0 Å². The van der Waals surface area contributed by atoms with E-state index in [0.717, 1.165) is 41.5 Å². The number of hydrogen-bond donors (Lipinski definition) is 0. The minimum atomic E-state index is 0.948. The summed E-state index contributed by atoms with van der Waals surface area (Å²) >= 11 is 0. The van der Waals surface area contributed by atoms with E-state index in [1.54, 1.807) is 0 Å². The molecule has 0 N–H and O–H groups in total. The monoisotopic (exact) mass is 550 g/mol. The summed E-state index contributed by atoms with van der Waals surface area (Å²) in [6, 6.07) is 39.8. The minimum absolute atomic E-state index is 0.948. The molecule has 0 heterocycles. The van der Waals surface area contributed by atoms with Crippen molar-refractivity contribution in [2.24, 2.45) is 0 Å². The normalized spacial score (nSPS) is 11.4. The SMILES string of the molecule is CCCc1ccc(C#Cc2ccc3c4c(ccc3c2)-c2ccc3cc(C#Cc5ccc(CCC)cc5)ccc3c2C4)cc1. The molecule has 0 saturated carbocycles. The highest BCUT2D eigenvalue weighted by Crippen LogP contribution is 2.43. The summed E-state index contributed by atoms with van der Waals surface area (Å²) in [6.07, 6.45) is 5.51. The molecule has 0 unspecified atom stereocenters. The van der Waals surface area contributed by atoms with Gasteiger partial charge >= 0.3 is 0 Å². The zero-order valence-electron chi connectivity index (χ0n) is 24.9. The van der Waals surface area contributed by atoms with Crippen LogP contribution in [0.5, 0.6) is 0 Å². The van der Waals surface area contributed by atoms with E-state index < -0.39 is 0 Å². The first-order valence-corrected chi connectivity index (χ1v) is 15.5. The lowest BCUT2D eigenvalue weighted by atomic mass is 9.97. The number of benzene rings is 6. The van der Waals surface area contributed by atoms with Crippen LogP contribution in [0.1, 0.15) is 71.2 Å². The molecule has 6 aromatic carbocycles. The maximum Gasteiger partial charge on any atom is 0.0255 e. The van der Waals surface area contributed by atoms with E-state index in [1.165, 1.54) is 67.8 Å². The van der Waals surface area contributed by atoms with Crippen LogP contribution in [0.2, 0.25) is 0 Å². The Bertz CT molecular complexity index is 1950. The van der Waals surface area contributed by atoms with Gasteiger partial charge in [-0.2, -0.15) is 0 Å². The standard InChI is InChI=1S/C43H34/c1-3-5-30-7-11-32(12-8-30)15-17-34-19-23-38-36(27-34)21-25-40-41-26-22-37-28-35(20-24-39(37)43(41)29-42(38)40)18-16-33-13-9-31(6-4-2)10-14-33/h7-14,19-28H,3-6,29H2,1-2H3. The zero-order chi connectivity index (χ0) is 29.2. The highest BCUT2D eigenvalue weighted by Gasteiger charge is 2.22. The molecule has 43 heavy (non-hydrogen) atoms. The molecule has 0 spiro atoms. The van der Waals surface area contributed by atoms with Gasteiger partial charge in [0.2, 0.25) is 0 Å². The van der Waals surface area contributed by atoms with Crippen LogP contribution in [-0.2, 0) is 19.3 Å². The van der Waals surface area contributed by atoms with Crippen molar-refractivity contribution in [2.75, 3.05) is 0 Å². The van der Waals surface area contributed by atoms with Gasteiger partial charge in [0.25, 0.3) is 0 Å². The maximum atomic E-state index is 3.39. The third kappa shape index (κ3) is 5.46. The second-order valence-electron chi connectivity index (χ2n) is 11.6. The molecule has 0 aliphatic heterocycles. The van der Waals surface area contributed by atoms with E-state index in [-0.39, 0.29) is 0 Å². The lowest BCUT2D eigenvalue weighted by molar-refractivity contribution is 0.922. The summed E-state index contributed by atoms with van der Waals surface area (Å²) in [5, 5.41) is 5.15. The van der Waals surface area contributed by atoms with Crippen LogP contribution in [0.3, 0.4) is 0 Å². The zero-order valence-corrected chi connectivity index (χ0v) is 24.9. The number of fused-ring (bicyclic) bond motifs is 7. The lowest BCUT2D eigenvalue weighted by Crippen LogP contribution is -1.87. The smallest absolute Gasteiger partial charge is 0.0255 e. The Morgan fingerprint density at radius 1 is 0.442 bits per heavy atom. The van der Waals surface area contributed by atoms with Crippen molar-refractivity contribution in [3.8, 4) is 34.8 Å². The van der Waals surface area contributed by atoms with Gasteiger partial charge in [-0.15, -0.1) is 0 Å². The van der Waals surface area contributed by atoms with Crippen molar-refractivity contribution >= 4 is 21.5 Å². The van der Waals surface area contributed by atoms with Gasteiger partial charge in [0.15, 0.2) is 0 Å². The van der Waals surface area contributed by atoms with Crippen LogP contribution >= 0.6 is 0 Å². The van der Waals surface area contributed by atoms with Crippen molar-refractivity contribution in [2.45, 2.75) is 46.0 Å². The predicted molar refractivity (Wildman–Crippen MR) is 183 cm³/mol. The predicted octanol–water partition coefficient (Wildman–Crippen LogP) is 10.3. The summed E-state index contributed by atoms with van der Waals surface area (Å²) in [5.41, 5.74) is 12.5. The Hall–Kier alpha value is -5.04. The van der Waals surface area contributed by atoms with Crippen LogP contribution in [-0.4, -0.2) is 0 Å². The summed E-state index contributed by atoms with van der Waals surface area (Å²) in [4.78, 5) is 0. The van der Waals surface area contributed by atoms with E-state index in [4.69, 9.17) is 0 Å². The summed E-state index contributed by atoms with van der Waals surface area (Å²) in [6.45, 7) is 4.43. The van der Waals surface area contributed by atoms with Crippen LogP contribution in [0.4, 0.5) is 0 Å². The molecule has 1 aliphatic rings. The molecule has 0 bridgehead atoms. The Morgan fingerprint density at radius 2 is 0.837 bits per heavy atom. The highest BCUT2D eigenvalue weighted by atomic mass is 14.3. The summed E-state index contributed by atoms with van der Waals surface area (Å²) < 4.78 is 0. The molecule has 0 atom stereocenters. The van der Waals surface area contributed by atoms with Crippen molar-refractivity contribution in [3.05, 3.63) is 154 Å². The van der Waals surface area contributed by atoms with Crippen LogP contribution < -0.4 is 0 Å². The average Bonchev–Trinajstić information content (AvgIpc) is 3.44. The fraction of sp³-hybridized carbons (Fsp3) is 0.163. The van der Waals surface area contributed by atoms with Crippen LogP contribution in [0, 0.1) is 23.7 Å². The molecule has 0 amide bonds. The molecule has 0 saturated heterocycles. The summed E-state index contributed by atoms with van der Waals surface area (Å²) in [7, 11) is 0. The second kappa shape index (κ2) is 11.7. The minimum Gasteiger partial charge on any atom is -0.0651 e. The Morgan fingerprint density at radius 3 is 1.26 bits per heavy atom. The fourth-order valence-electron chi connectivity index (χ4n) is 6.38. The van der Waals surface area contributed by atoms with Gasteiger partial charge < -0.3 is 0 Å². The first-order valence-electron chi connectivity index (χ1n) is 15.5. The van der Waals surface area contributed by atoms with Gasteiger partial charge in [-0.1, -0.05) is 111 Å². The van der Waals surface area contributed by atoms with E-state index in [9.17, 15) is 0 Å². The Balaban J connectivity index is 1.15. The third-order valence-electron chi connectivity index (χ3n) is 8.59. The van der Waals surface area contributed by atoms with E-state index in [2.05, 4.69) is 147 Å². The molecule has 7 rings (SSSR count). The molecule has 0 radical (unpaired) electrons. The molecule has 0 aromatic heterocycles. The molecule has 206 valence electrons. The molecular formula is C43H34. The molecule has 0 fully saturated rings. The number of rotatable bonds is 4. The molecule has 1 aliphatic carbocycles.